The summed E-state index contributed by atoms with van der Waals surface area (Å²) >= 11 is 0. The van der Waals surface area contributed by atoms with Crippen molar-refractivity contribution >= 4 is 28.3 Å². The third kappa shape index (κ3) is 4.08. The first-order chi connectivity index (χ1) is 10.9. The number of aryl methyl sites for hydroxylation is 1. The molecule has 2 saturated heterocycles. The molecule has 1 spiro atoms. The van der Waals surface area contributed by atoms with Crippen LogP contribution in [0.3, 0.4) is 0 Å². The van der Waals surface area contributed by atoms with Crippen molar-refractivity contribution in [3.8, 4) is 0 Å². The first kappa shape index (κ1) is 19.2. The van der Waals surface area contributed by atoms with Crippen molar-refractivity contribution in [2.45, 2.75) is 24.2 Å². The number of likely N-dealkylation sites (tertiary alicyclic amines) is 1. The zero-order chi connectivity index (χ0) is 16.5. The van der Waals surface area contributed by atoms with Gasteiger partial charge in [0.15, 0.2) is 0 Å². The van der Waals surface area contributed by atoms with Gasteiger partial charge in [0, 0.05) is 32.9 Å². The molecule has 0 bridgehead atoms. The number of nitrogens with zero attached hydrogens (tertiary/aromatic N) is 3. The number of amides is 1. The molecule has 1 aromatic heterocycles. The molecule has 24 heavy (non-hydrogen) atoms. The fourth-order valence-electron chi connectivity index (χ4n) is 3.34. The normalized spacial score (nSPS) is 20.1. The Balaban J connectivity index is 0.00000208. The molecule has 2 fully saturated rings. The Labute approximate surface area is 148 Å². The Bertz CT molecular complexity index is 674. The van der Waals surface area contributed by atoms with E-state index in [-0.39, 0.29) is 29.8 Å². The van der Waals surface area contributed by atoms with Crippen molar-refractivity contribution in [3.63, 3.8) is 0 Å². The highest BCUT2D eigenvalue weighted by molar-refractivity contribution is 7.89. The van der Waals surface area contributed by atoms with Crippen LogP contribution in [0, 0.1) is 5.41 Å². The number of carbonyl (C=O) groups is 1. The second-order valence-corrected chi connectivity index (χ2v) is 8.25. The van der Waals surface area contributed by atoms with Crippen LogP contribution >= 0.6 is 12.4 Å². The quantitative estimate of drug-likeness (QED) is 0.752. The third-order valence-electron chi connectivity index (χ3n) is 4.91. The van der Waals surface area contributed by atoms with Crippen molar-refractivity contribution in [1.29, 1.82) is 0 Å². The monoisotopic (exact) mass is 377 g/mol. The lowest BCUT2D eigenvalue weighted by molar-refractivity contribution is -0.132. The molecule has 0 radical (unpaired) electrons. The number of carbonyl (C=O) groups excluding carboxylic acids is 1. The standard InChI is InChI=1S/C14H23N5O3S.ClH/c1-18-10-12(8-16-18)23(21,22)17-9-13(20)19-6-3-14(4-7-19)2-5-15-11-14;/h8,10,15,17H,2-7,9,11H2,1H3;1H. The molecule has 0 unspecified atom stereocenters. The van der Waals surface area contributed by atoms with Gasteiger partial charge in [-0.05, 0) is 31.2 Å². The maximum absolute atomic E-state index is 12.2. The van der Waals surface area contributed by atoms with Crippen LogP contribution in [0.5, 0.6) is 0 Å². The summed E-state index contributed by atoms with van der Waals surface area (Å²) in [5, 5.41) is 7.23. The Morgan fingerprint density at radius 1 is 1.38 bits per heavy atom. The molecule has 0 aromatic carbocycles. The zero-order valence-electron chi connectivity index (χ0n) is 13.7. The van der Waals surface area contributed by atoms with E-state index in [2.05, 4.69) is 15.1 Å². The number of nitrogens with one attached hydrogen (secondary N) is 2. The minimum absolute atomic E-state index is 0. The molecule has 8 nitrogen and oxygen atoms in total. The maximum Gasteiger partial charge on any atom is 0.244 e. The average molecular weight is 378 g/mol. The van der Waals surface area contributed by atoms with Crippen molar-refractivity contribution in [2.75, 3.05) is 32.7 Å². The molecule has 3 heterocycles. The molecule has 0 saturated carbocycles. The van der Waals surface area contributed by atoms with Gasteiger partial charge in [-0.15, -0.1) is 12.4 Å². The van der Waals surface area contributed by atoms with Gasteiger partial charge in [0.1, 0.15) is 4.90 Å². The van der Waals surface area contributed by atoms with E-state index in [1.807, 2.05) is 0 Å². The lowest BCUT2D eigenvalue weighted by Gasteiger charge is -2.38. The second kappa shape index (κ2) is 7.38. The molecule has 2 aliphatic heterocycles. The maximum atomic E-state index is 12.2. The first-order valence-electron chi connectivity index (χ1n) is 7.87. The van der Waals surface area contributed by atoms with E-state index in [4.69, 9.17) is 0 Å². The van der Waals surface area contributed by atoms with E-state index < -0.39 is 10.0 Å². The molecule has 3 rings (SSSR count). The largest absolute Gasteiger partial charge is 0.342 e. The van der Waals surface area contributed by atoms with Crippen LogP contribution in [-0.4, -0.2) is 61.7 Å². The lowest BCUT2D eigenvalue weighted by Crippen LogP contribution is -2.47. The van der Waals surface area contributed by atoms with Crippen molar-refractivity contribution in [2.24, 2.45) is 12.5 Å². The van der Waals surface area contributed by atoms with Crippen LogP contribution in [0.2, 0.25) is 0 Å². The number of aromatic nitrogens is 2. The second-order valence-electron chi connectivity index (χ2n) is 6.48. The summed E-state index contributed by atoms with van der Waals surface area (Å²) in [4.78, 5) is 14.1. The van der Waals surface area contributed by atoms with Crippen LogP contribution in [0.4, 0.5) is 0 Å². The molecule has 0 aliphatic carbocycles. The third-order valence-corrected chi connectivity index (χ3v) is 6.27. The van der Waals surface area contributed by atoms with E-state index in [0.29, 0.717) is 18.5 Å². The number of rotatable bonds is 4. The van der Waals surface area contributed by atoms with Gasteiger partial charge < -0.3 is 10.2 Å². The Hall–Kier alpha value is -1.16. The van der Waals surface area contributed by atoms with Gasteiger partial charge in [-0.25, -0.2) is 13.1 Å². The van der Waals surface area contributed by atoms with Crippen LogP contribution in [0.1, 0.15) is 19.3 Å². The van der Waals surface area contributed by atoms with E-state index in [0.717, 1.165) is 25.9 Å². The van der Waals surface area contributed by atoms with Gasteiger partial charge in [-0.2, -0.15) is 5.10 Å². The average Bonchev–Trinajstić information content (AvgIpc) is 3.16. The van der Waals surface area contributed by atoms with Crippen molar-refractivity contribution < 1.29 is 13.2 Å². The van der Waals surface area contributed by atoms with Gasteiger partial charge in [-0.3, -0.25) is 9.48 Å². The molecule has 1 amide bonds. The summed E-state index contributed by atoms with van der Waals surface area (Å²) in [6, 6.07) is 0. The smallest absolute Gasteiger partial charge is 0.244 e. The number of sulfonamides is 1. The molecule has 2 N–H and O–H groups in total. The van der Waals surface area contributed by atoms with E-state index in [1.165, 1.54) is 23.5 Å². The predicted octanol–water partition coefficient (Wildman–Crippen LogP) is -0.278. The molecular weight excluding hydrogens is 354 g/mol. The van der Waals surface area contributed by atoms with E-state index in [1.54, 1.807) is 11.9 Å². The van der Waals surface area contributed by atoms with Crippen LogP contribution in [0.25, 0.3) is 0 Å². The first-order valence-corrected chi connectivity index (χ1v) is 9.35. The molecule has 0 atom stereocenters. The molecule has 136 valence electrons. The summed E-state index contributed by atoms with van der Waals surface area (Å²) in [6.45, 7) is 3.29. The highest BCUT2D eigenvalue weighted by atomic mass is 35.5. The van der Waals surface area contributed by atoms with Gasteiger partial charge >= 0.3 is 0 Å². The number of halogens is 1. The zero-order valence-corrected chi connectivity index (χ0v) is 15.3. The Morgan fingerprint density at radius 3 is 2.62 bits per heavy atom. The summed E-state index contributed by atoms with van der Waals surface area (Å²) in [5.74, 6) is -0.168. The topological polar surface area (TPSA) is 96.3 Å². The predicted molar refractivity (Wildman–Crippen MR) is 91.4 cm³/mol. The van der Waals surface area contributed by atoms with Crippen LogP contribution in [0.15, 0.2) is 17.3 Å². The summed E-state index contributed by atoms with van der Waals surface area (Å²) < 4.78 is 28.0. The highest BCUT2D eigenvalue weighted by Crippen LogP contribution is 2.36. The Kier molecular flexibility index (Phi) is 5.90. The van der Waals surface area contributed by atoms with Crippen LogP contribution in [-0.2, 0) is 21.9 Å². The lowest BCUT2D eigenvalue weighted by atomic mass is 9.78. The molecule has 1 aromatic rings. The van der Waals surface area contributed by atoms with E-state index in [9.17, 15) is 13.2 Å². The van der Waals surface area contributed by atoms with Gasteiger partial charge in [0.05, 0.1) is 12.7 Å². The minimum atomic E-state index is -3.69. The fraction of sp³-hybridized carbons (Fsp3) is 0.714. The summed E-state index contributed by atoms with van der Waals surface area (Å²) in [6.07, 6.45) is 5.82. The Morgan fingerprint density at radius 2 is 2.08 bits per heavy atom. The van der Waals surface area contributed by atoms with Gasteiger partial charge in [-0.1, -0.05) is 0 Å². The van der Waals surface area contributed by atoms with Crippen molar-refractivity contribution in [1.82, 2.24) is 24.7 Å². The summed E-state index contributed by atoms with van der Waals surface area (Å²) in [7, 11) is -2.04. The van der Waals surface area contributed by atoms with Gasteiger partial charge in [0.2, 0.25) is 15.9 Å². The van der Waals surface area contributed by atoms with E-state index >= 15 is 0 Å². The number of hydrogen-bond acceptors (Lipinski definition) is 5. The number of piperidine rings is 1. The molecule has 2 aliphatic rings. The van der Waals surface area contributed by atoms with Gasteiger partial charge in [0.25, 0.3) is 0 Å². The number of hydrogen-bond donors (Lipinski definition) is 2. The summed E-state index contributed by atoms with van der Waals surface area (Å²) in [5.41, 5.74) is 0.339. The minimum Gasteiger partial charge on any atom is -0.342 e. The molecule has 10 heteroatoms. The highest BCUT2D eigenvalue weighted by Gasteiger charge is 2.38. The van der Waals surface area contributed by atoms with Crippen molar-refractivity contribution in [3.05, 3.63) is 12.4 Å². The molecular formula is C14H24ClN5O3S. The van der Waals surface area contributed by atoms with Crippen LogP contribution < -0.4 is 10.0 Å². The SMILES string of the molecule is Cl.Cn1cc(S(=O)(=O)NCC(=O)N2CCC3(CCNC3)CC2)cn1. The fourth-order valence-corrected chi connectivity index (χ4v) is 4.30.